The highest BCUT2D eigenvalue weighted by Crippen LogP contribution is 2.41. The number of fused-ring (bicyclic) bond motifs is 6. The molecule has 1 fully saturated rings. The SMILES string of the molecule is CC1(C)ON(c2cccc(-c3ccc4c5ccccc5c5ccccc5c4c3)c2)OC1(C)C. The molecule has 3 nitrogen and oxygen atoms in total. The number of hydrogen-bond donors (Lipinski definition) is 0. The Morgan fingerprint density at radius 2 is 0.970 bits per heavy atom. The van der Waals surface area contributed by atoms with Crippen LogP contribution in [0.25, 0.3) is 43.4 Å². The molecule has 0 bridgehead atoms. The van der Waals surface area contributed by atoms with Crippen LogP contribution >= 0.6 is 0 Å². The average molecular weight is 434 g/mol. The minimum absolute atomic E-state index is 0.425. The van der Waals surface area contributed by atoms with E-state index in [9.17, 15) is 0 Å². The first-order valence-corrected chi connectivity index (χ1v) is 11.5. The van der Waals surface area contributed by atoms with E-state index in [1.165, 1.54) is 37.9 Å². The number of benzene rings is 5. The fourth-order valence-electron chi connectivity index (χ4n) is 4.64. The predicted octanol–water partition coefficient (Wildman–Crippen LogP) is 8.05. The van der Waals surface area contributed by atoms with Crippen LogP contribution in [0.5, 0.6) is 0 Å². The Kier molecular flexibility index (Phi) is 4.32. The highest BCUT2D eigenvalue weighted by atomic mass is 17.0. The highest BCUT2D eigenvalue weighted by molar-refractivity contribution is 6.25. The molecule has 1 saturated heterocycles. The van der Waals surface area contributed by atoms with Gasteiger partial charge in [-0.3, -0.25) is 0 Å². The maximum Gasteiger partial charge on any atom is 0.124 e. The third-order valence-electron chi connectivity index (χ3n) is 7.21. The first kappa shape index (κ1) is 20.2. The fraction of sp³-hybridized carbons (Fsp3) is 0.200. The molecule has 6 rings (SSSR count). The Balaban J connectivity index is 1.50. The topological polar surface area (TPSA) is 21.7 Å². The fourth-order valence-corrected chi connectivity index (χ4v) is 4.64. The van der Waals surface area contributed by atoms with Crippen molar-refractivity contribution >= 4 is 38.0 Å². The smallest absolute Gasteiger partial charge is 0.124 e. The van der Waals surface area contributed by atoms with E-state index in [-0.39, 0.29) is 0 Å². The molecule has 0 amide bonds. The Hall–Kier alpha value is -3.40. The van der Waals surface area contributed by atoms with Gasteiger partial charge in [-0.05, 0) is 89.3 Å². The van der Waals surface area contributed by atoms with Crippen LogP contribution in [0.3, 0.4) is 0 Å². The van der Waals surface area contributed by atoms with Crippen LogP contribution in [0.15, 0.2) is 91.0 Å². The molecule has 5 aromatic rings. The molecule has 0 N–H and O–H groups in total. The van der Waals surface area contributed by atoms with Gasteiger partial charge in [-0.25, -0.2) is 9.68 Å². The van der Waals surface area contributed by atoms with Gasteiger partial charge in [0, 0.05) is 0 Å². The summed E-state index contributed by atoms with van der Waals surface area (Å²) in [5, 5.41) is 9.25. The van der Waals surface area contributed by atoms with E-state index in [1.54, 1.807) is 5.23 Å². The summed E-state index contributed by atoms with van der Waals surface area (Å²) in [6.07, 6.45) is 0. The second-order valence-corrected chi connectivity index (χ2v) is 9.86. The van der Waals surface area contributed by atoms with Crippen LogP contribution in [0.1, 0.15) is 27.7 Å². The number of anilines is 1. The van der Waals surface area contributed by atoms with Gasteiger partial charge in [0.25, 0.3) is 0 Å². The molecule has 0 aliphatic carbocycles. The van der Waals surface area contributed by atoms with Gasteiger partial charge >= 0.3 is 0 Å². The van der Waals surface area contributed by atoms with E-state index in [4.69, 9.17) is 9.68 Å². The molecular weight excluding hydrogens is 406 g/mol. The maximum absolute atomic E-state index is 6.13. The molecule has 0 aromatic heterocycles. The lowest BCUT2D eigenvalue weighted by atomic mass is 9.90. The number of nitrogens with zero attached hydrogens (tertiary/aromatic N) is 1. The van der Waals surface area contributed by atoms with Crippen molar-refractivity contribution in [1.82, 2.24) is 0 Å². The van der Waals surface area contributed by atoms with Crippen LogP contribution in [0.2, 0.25) is 0 Å². The van der Waals surface area contributed by atoms with Crippen LogP contribution in [-0.4, -0.2) is 11.2 Å². The lowest BCUT2D eigenvalue weighted by Gasteiger charge is -2.26. The van der Waals surface area contributed by atoms with E-state index in [0.29, 0.717) is 0 Å². The van der Waals surface area contributed by atoms with E-state index < -0.39 is 11.2 Å². The van der Waals surface area contributed by atoms with Gasteiger partial charge in [-0.15, -0.1) is 5.23 Å². The second-order valence-electron chi connectivity index (χ2n) is 9.86. The van der Waals surface area contributed by atoms with Crippen molar-refractivity contribution in [3.63, 3.8) is 0 Å². The Morgan fingerprint density at radius 1 is 0.485 bits per heavy atom. The Morgan fingerprint density at radius 3 is 1.55 bits per heavy atom. The molecule has 0 unspecified atom stereocenters. The summed E-state index contributed by atoms with van der Waals surface area (Å²) < 4.78 is 0. The summed E-state index contributed by atoms with van der Waals surface area (Å²) in [4.78, 5) is 12.3. The molecule has 0 spiro atoms. The van der Waals surface area contributed by atoms with Gasteiger partial charge in [0.15, 0.2) is 0 Å². The normalized spacial score (nSPS) is 17.3. The van der Waals surface area contributed by atoms with Gasteiger partial charge in [-0.2, -0.15) is 0 Å². The molecule has 0 atom stereocenters. The zero-order valence-corrected chi connectivity index (χ0v) is 19.4. The molecule has 164 valence electrons. The zero-order valence-electron chi connectivity index (χ0n) is 19.4. The van der Waals surface area contributed by atoms with Gasteiger partial charge < -0.3 is 0 Å². The zero-order chi connectivity index (χ0) is 22.8. The van der Waals surface area contributed by atoms with E-state index >= 15 is 0 Å². The first-order valence-electron chi connectivity index (χ1n) is 11.5. The number of rotatable bonds is 2. The van der Waals surface area contributed by atoms with Gasteiger partial charge in [0.1, 0.15) is 11.2 Å². The molecule has 1 aliphatic heterocycles. The van der Waals surface area contributed by atoms with Crippen molar-refractivity contribution in [1.29, 1.82) is 0 Å². The quantitative estimate of drug-likeness (QED) is 0.263. The van der Waals surface area contributed by atoms with Crippen molar-refractivity contribution < 1.29 is 9.68 Å². The van der Waals surface area contributed by atoms with Crippen LogP contribution in [0, 0.1) is 0 Å². The summed E-state index contributed by atoms with van der Waals surface area (Å²) in [5.74, 6) is 0. The minimum atomic E-state index is -0.425. The minimum Gasteiger partial charge on any atom is -0.239 e. The van der Waals surface area contributed by atoms with E-state index in [1.807, 2.05) is 6.07 Å². The lowest BCUT2D eigenvalue weighted by Crippen LogP contribution is -2.41. The maximum atomic E-state index is 6.13. The van der Waals surface area contributed by atoms with E-state index in [0.717, 1.165) is 11.3 Å². The molecule has 1 heterocycles. The highest BCUT2D eigenvalue weighted by Gasteiger charge is 2.50. The van der Waals surface area contributed by atoms with Gasteiger partial charge in [0.2, 0.25) is 0 Å². The van der Waals surface area contributed by atoms with Crippen molar-refractivity contribution in [2.75, 3.05) is 5.23 Å². The van der Waals surface area contributed by atoms with Crippen molar-refractivity contribution in [3.8, 4) is 11.1 Å². The molecule has 1 aliphatic rings. The summed E-state index contributed by atoms with van der Waals surface area (Å²) in [6.45, 7) is 8.20. The molecule has 0 saturated carbocycles. The van der Waals surface area contributed by atoms with Crippen molar-refractivity contribution in [2.45, 2.75) is 38.9 Å². The monoisotopic (exact) mass is 433 g/mol. The van der Waals surface area contributed by atoms with Crippen LogP contribution in [-0.2, 0) is 9.68 Å². The third kappa shape index (κ3) is 3.12. The summed E-state index contributed by atoms with van der Waals surface area (Å²) in [6, 6.07) is 32.5. The standard InChI is InChI=1S/C30H27NO2/c1-29(2)30(3,4)33-31(32-29)22-11-9-10-20(18-22)21-16-17-27-25-14-6-5-12-23(25)24-13-7-8-15-26(24)28(27)19-21/h5-19H,1-4H3. The second kappa shape index (κ2) is 7.05. The molecule has 5 aromatic carbocycles. The van der Waals surface area contributed by atoms with Crippen LogP contribution < -0.4 is 5.23 Å². The predicted molar refractivity (Wildman–Crippen MR) is 137 cm³/mol. The lowest BCUT2D eigenvalue weighted by molar-refractivity contribution is -0.0272. The molecule has 3 heteroatoms. The molecule has 33 heavy (non-hydrogen) atoms. The molecular formula is C30H27NO2. The van der Waals surface area contributed by atoms with Crippen molar-refractivity contribution in [2.24, 2.45) is 0 Å². The Bertz CT molecular complexity index is 1480. The summed E-state index contributed by atoms with van der Waals surface area (Å²) in [7, 11) is 0. The Labute approximate surface area is 194 Å². The van der Waals surface area contributed by atoms with E-state index in [2.05, 4.69) is 113 Å². The third-order valence-corrected chi connectivity index (χ3v) is 7.21. The van der Waals surface area contributed by atoms with Crippen LogP contribution in [0.4, 0.5) is 5.69 Å². The summed E-state index contributed by atoms with van der Waals surface area (Å²) in [5.41, 5.74) is 2.33. The van der Waals surface area contributed by atoms with Crippen molar-refractivity contribution in [3.05, 3.63) is 91.0 Å². The molecule has 0 radical (unpaired) electrons. The van der Waals surface area contributed by atoms with Gasteiger partial charge in [0.05, 0.1) is 5.69 Å². The van der Waals surface area contributed by atoms with Gasteiger partial charge in [-0.1, -0.05) is 72.8 Å². The summed E-state index contributed by atoms with van der Waals surface area (Å²) >= 11 is 0. The first-order chi connectivity index (χ1) is 15.8. The largest absolute Gasteiger partial charge is 0.239 e. The number of hydrogen-bond acceptors (Lipinski definition) is 3. The average Bonchev–Trinajstić information content (AvgIpc) is 3.06.